The third-order valence-corrected chi connectivity index (χ3v) is 4.11. The lowest BCUT2D eigenvalue weighted by atomic mass is 9.70. The summed E-state index contributed by atoms with van der Waals surface area (Å²) in [5, 5.41) is 10.6. The number of hydrogen-bond acceptors (Lipinski definition) is 2. The summed E-state index contributed by atoms with van der Waals surface area (Å²) in [5.41, 5.74) is -0.419. The fraction of sp³-hybridized carbons (Fsp3) is 1.00. The summed E-state index contributed by atoms with van der Waals surface area (Å²) < 4.78 is 5.09. The molecule has 0 heterocycles. The maximum Gasteiger partial charge on any atom is 0.0676 e. The molecule has 3 atom stereocenters. The quantitative estimate of drug-likeness (QED) is 0.762. The van der Waals surface area contributed by atoms with Gasteiger partial charge in [0.1, 0.15) is 0 Å². The minimum absolute atomic E-state index is 0.367. The van der Waals surface area contributed by atoms with Crippen molar-refractivity contribution in [1.29, 1.82) is 0 Å². The largest absolute Gasteiger partial charge is 0.390 e. The molecule has 1 aliphatic carbocycles. The first kappa shape index (κ1) is 13.0. The topological polar surface area (TPSA) is 29.5 Å². The van der Waals surface area contributed by atoms with Crippen LogP contribution in [0.1, 0.15) is 52.4 Å². The number of rotatable bonds is 5. The second-order valence-electron chi connectivity index (χ2n) is 5.16. The molecule has 0 bridgehead atoms. The Labute approximate surface area is 94.0 Å². The second-order valence-corrected chi connectivity index (χ2v) is 5.16. The predicted octanol–water partition coefficient (Wildman–Crippen LogP) is 2.99. The Morgan fingerprint density at radius 2 is 2.27 bits per heavy atom. The van der Waals surface area contributed by atoms with Crippen molar-refractivity contribution in [1.82, 2.24) is 0 Å². The van der Waals surface area contributed by atoms with Gasteiger partial charge in [-0.1, -0.05) is 33.1 Å². The Bertz CT molecular complexity index is 181. The summed E-state index contributed by atoms with van der Waals surface area (Å²) in [4.78, 5) is 0. The number of methoxy groups -OCH3 is 1. The standard InChI is InChI=1S/C13H26O2/c1-4-12-6-5-8-13(14,10-12)11(2)7-9-15-3/h11-12,14H,4-10H2,1-3H3. The van der Waals surface area contributed by atoms with E-state index in [0.29, 0.717) is 5.92 Å². The first-order chi connectivity index (χ1) is 7.12. The lowest BCUT2D eigenvalue weighted by Crippen LogP contribution is -2.41. The SMILES string of the molecule is CCC1CCCC(O)(C(C)CCOC)C1. The van der Waals surface area contributed by atoms with Gasteiger partial charge in [-0.3, -0.25) is 0 Å². The highest BCUT2D eigenvalue weighted by Gasteiger charge is 2.37. The summed E-state index contributed by atoms with van der Waals surface area (Å²) in [5.74, 6) is 1.10. The monoisotopic (exact) mass is 214 g/mol. The van der Waals surface area contributed by atoms with Crippen LogP contribution in [0.15, 0.2) is 0 Å². The number of aliphatic hydroxyl groups is 1. The molecule has 15 heavy (non-hydrogen) atoms. The van der Waals surface area contributed by atoms with Crippen LogP contribution in [0.4, 0.5) is 0 Å². The Balaban J connectivity index is 2.48. The molecule has 0 aliphatic heterocycles. The van der Waals surface area contributed by atoms with Crippen LogP contribution in [0, 0.1) is 11.8 Å². The molecule has 1 N–H and O–H groups in total. The summed E-state index contributed by atoms with van der Waals surface area (Å²) in [6.45, 7) is 5.16. The maximum absolute atomic E-state index is 10.6. The van der Waals surface area contributed by atoms with E-state index >= 15 is 0 Å². The van der Waals surface area contributed by atoms with Crippen LogP contribution in [-0.2, 0) is 4.74 Å². The van der Waals surface area contributed by atoms with Crippen molar-refractivity contribution in [2.75, 3.05) is 13.7 Å². The van der Waals surface area contributed by atoms with E-state index in [2.05, 4.69) is 13.8 Å². The summed E-state index contributed by atoms with van der Waals surface area (Å²) in [6, 6.07) is 0. The Morgan fingerprint density at radius 1 is 1.53 bits per heavy atom. The third-order valence-electron chi connectivity index (χ3n) is 4.11. The molecule has 90 valence electrons. The Hall–Kier alpha value is -0.0800. The average molecular weight is 214 g/mol. The second kappa shape index (κ2) is 5.86. The number of hydrogen-bond donors (Lipinski definition) is 1. The van der Waals surface area contributed by atoms with Gasteiger partial charge in [-0.05, 0) is 31.1 Å². The van der Waals surface area contributed by atoms with Crippen LogP contribution < -0.4 is 0 Å². The van der Waals surface area contributed by atoms with Gasteiger partial charge < -0.3 is 9.84 Å². The summed E-state index contributed by atoms with van der Waals surface area (Å²) in [6.07, 6.45) is 6.65. The fourth-order valence-corrected chi connectivity index (χ4v) is 2.76. The van der Waals surface area contributed by atoms with E-state index in [1.54, 1.807) is 7.11 Å². The minimum atomic E-state index is -0.419. The normalized spacial score (nSPS) is 34.0. The van der Waals surface area contributed by atoms with Gasteiger partial charge in [-0.2, -0.15) is 0 Å². The van der Waals surface area contributed by atoms with Crippen LogP contribution >= 0.6 is 0 Å². The maximum atomic E-state index is 10.6. The lowest BCUT2D eigenvalue weighted by Gasteiger charge is -2.41. The molecule has 0 spiro atoms. The molecule has 2 heteroatoms. The van der Waals surface area contributed by atoms with Crippen LogP contribution in [0.3, 0.4) is 0 Å². The van der Waals surface area contributed by atoms with Crippen molar-refractivity contribution in [2.45, 2.75) is 58.0 Å². The van der Waals surface area contributed by atoms with Crippen molar-refractivity contribution >= 4 is 0 Å². The minimum Gasteiger partial charge on any atom is -0.390 e. The van der Waals surface area contributed by atoms with Gasteiger partial charge in [0.25, 0.3) is 0 Å². The van der Waals surface area contributed by atoms with E-state index in [1.165, 1.54) is 19.3 Å². The molecule has 0 aromatic carbocycles. The zero-order chi connectivity index (χ0) is 11.3. The fourth-order valence-electron chi connectivity index (χ4n) is 2.76. The van der Waals surface area contributed by atoms with E-state index in [9.17, 15) is 5.11 Å². The van der Waals surface area contributed by atoms with Gasteiger partial charge >= 0.3 is 0 Å². The predicted molar refractivity (Wildman–Crippen MR) is 62.9 cm³/mol. The van der Waals surface area contributed by atoms with Crippen molar-refractivity contribution in [3.63, 3.8) is 0 Å². The zero-order valence-electron chi connectivity index (χ0n) is 10.5. The van der Waals surface area contributed by atoms with Gasteiger partial charge in [-0.15, -0.1) is 0 Å². The van der Waals surface area contributed by atoms with Crippen molar-refractivity contribution in [3.05, 3.63) is 0 Å². The highest BCUT2D eigenvalue weighted by Crippen LogP contribution is 2.39. The van der Waals surface area contributed by atoms with E-state index in [-0.39, 0.29) is 0 Å². The molecule has 0 aromatic heterocycles. The van der Waals surface area contributed by atoms with E-state index < -0.39 is 5.60 Å². The molecule has 0 saturated heterocycles. The van der Waals surface area contributed by atoms with E-state index in [1.807, 2.05) is 0 Å². The summed E-state index contributed by atoms with van der Waals surface area (Å²) >= 11 is 0. The van der Waals surface area contributed by atoms with Crippen molar-refractivity contribution in [3.8, 4) is 0 Å². The zero-order valence-corrected chi connectivity index (χ0v) is 10.5. The Morgan fingerprint density at radius 3 is 2.87 bits per heavy atom. The number of ether oxygens (including phenoxy) is 1. The van der Waals surface area contributed by atoms with Crippen LogP contribution in [0.2, 0.25) is 0 Å². The molecule has 1 fully saturated rings. The molecule has 1 saturated carbocycles. The third kappa shape index (κ3) is 3.46. The van der Waals surface area contributed by atoms with Crippen molar-refractivity contribution in [2.24, 2.45) is 11.8 Å². The average Bonchev–Trinajstić information content (AvgIpc) is 2.25. The summed E-state index contributed by atoms with van der Waals surface area (Å²) in [7, 11) is 1.73. The molecule has 1 rings (SSSR count). The first-order valence-electron chi connectivity index (χ1n) is 6.33. The molecule has 0 aromatic rings. The van der Waals surface area contributed by atoms with Gasteiger partial charge in [0.05, 0.1) is 5.60 Å². The van der Waals surface area contributed by atoms with Gasteiger partial charge in [-0.25, -0.2) is 0 Å². The van der Waals surface area contributed by atoms with Crippen molar-refractivity contribution < 1.29 is 9.84 Å². The van der Waals surface area contributed by atoms with Gasteiger partial charge in [0.2, 0.25) is 0 Å². The van der Waals surface area contributed by atoms with E-state index in [4.69, 9.17) is 4.74 Å². The van der Waals surface area contributed by atoms with E-state index in [0.717, 1.165) is 31.8 Å². The molecule has 0 amide bonds. The molecule has 2 nitrogen and oxygen atoms in total. The first-order valence-corrected chi connectivity index (χ1v) is 6.33. The highest BCUT2D eigenvalue weighted by molar-refractivity contribution is 4.89. The van der Waals surface area contributed by atoms with Crippen LogP contribution in [0.5, 0.6) is 0 Å². The smallest absolute Gasteiger partial charge is 0.0676 e. The Kier molecular flexibility index (Phi) is 5.07. The van der Waals surface area contributed by atoms with Gasteiger partial charge in [0, 0.05) is 13.7 Å². The van der Waals surface area contributed by atoms with Gasteiger partial charge in [0.15, 0.2) is 0 Å². The van der Waals surface area contributed by atoms with Crippen LogP contribution in [-0.4, -0.2) is 24.4 Å². The highest BCUT2D eigenvalue weighted by atomic mass is 16.5. The lowest BCUT2D eigenvalue weighted by molar-refractivity contribution is -0.0671. The molecule has 0 radical (unpaired) electrons. The molecule has 1 aliphatic rings. The molecular weight excluding hydrogens is 188 g/mol. The molecular formula is C13H26O2. The van der Waals surface area contributed by atoms with Crippen LogP contribution in [0.25, 0.3) is 0 Å². The molecule has 3 unspecified atom stereocenters.